The molecule has 110 valence electrons. The van der Waals surface area contributed by atoms with Crippen LogP contribution in [-0.2, 0) is 0 Å². The van der Waals surface area contributed by atoms with Crippen molar-refractivity contribution < 1.29 is 14.2 Å². The predicted molar refractivity (Wildman–Crippen MR) is 80.6 cm³/mol. The number of hydrogen-bond donors (Lipinski definition) is 1. The molecule has 1 rings (SSSR count). The molecule has 0 spiro atoms. The van der Waals surface area contributed by atoms with Gasteiger partial charge in [0.2, 0.25) is 5.75 Å². The Kier molecular flexibility index (Phi) is 6.75. The number of ether oxygens (including phenoxy) is 3. The summed E-state index contributed by atoms with van der Waals surface area (Å²) in [5.41, 5.74) is 1.08. The van der Waals surface area contributed by atoms with Crippen LogP contribution in [0.5, 0.6) is 17.2 Å². The van der Waals surface area contributed by atoms with Crippen LogP contribution in [0.2, 0.25) is 0 Å². The van der Waals surface area contributed by atoms with Crippen molar-refractivity contribution in [3.63, 3.8) is 0 Å². The normalized spacial score (nSPS) is 11.6. The van der Waals surface area contributed by atoms with E-state index in [-0.39, 0.29) is 6.04 Å². The monoisotopic (exact) mass is 277 g/mol. The smallest absolute Gasteiger partial charge is 0.203 e. The van der Waals surface area contributed by atoms with Gasteiger partial charge in [-0.1, -0.05) is 6.92 Å². The summed E-state index contributed by atoms with van der Waals surface area (Å²) < 4.78 is 16.1. The molecule has 1 atom stereocenters. The van der Waals surface area contributed by atoms with Crippen LogP contribution in [0.1, 0.15) is 31.4 Å². The third-order valence-corrected chi connectivity index (χ3v) is 3.12. The lowest BCUT2D eigenvalue weighted by atomic mass is 10.0. The Bertz CT molecular complexity index is 440. The fourth-order valence-electron chi connectivity index (χ4n) is 2.16. The van der Waals surface area contributed by atoms with Gasteiger partial charge < -0.3 is 19.5 Å². The van der Waals surface area contributed by atoms with Crippen LogP contribution >= 0.6 is 0 Å². The molecule has 4 nitrogen and oxygen atoms in total. The van der Waals surface area contributed by atoms with Crippen molar-refractivity contribution in [2.75, 3.05) is 27.9 Å². The third kappa shape index (κ3) is 3.82. The van der Waals surface area contributed by atoms with Crippen molar-refractivity contribution in [1.82, 2.24) is 5.32 Å². The maximum Gasteiger partial charge on any atom is 0.203 e. The Hall–Kier alpha value is -1.86. The van der Waals surface area contributed by atoms with E-state index in [0.717, 1.165) is 18.5 Å². The van der Waals surface area contributed by atoms with Crippen molar-refractivity contribution in [2.45, 2.75) is 25.8 Å². The maximum atomic E-state index is 5.38. The Morgan fingerprint density at radius 1 is 1.15 bits per heavy atom. The van der Waals surface area contributed by atoms with Crippen LogP contribution in [0.4, 0.5) is 0 Å². The number of hydrogen-bond acceptors (Lipinski definition) is 4. The molecule has 1 aromatic rings. The first kappa shape index (κ1) is 16.2. The standard InChI is InChI=1S/C16H23NO3/c1-6-8-9-13(17-7-2)12-10-14(18-3)16(20-5)15(11-12)19-4/h1,10-11,13,17H,7-9H2,2-5H3. The molecule has 0 fully saturated rings. The van der Waals surface area contributed by atoms with Crippen molar-refractivity contribution in [3.8, 4) is 29.6 Å². The van der Waals surface area contributed by atoms with Crippen LogP contribution in [0.3, 0.4) is 0 Å². The highest BCUT2D eigenvalue weighted by atomic mass is 16.5. The number of terminal acetylenes is 1. The fourth-order valence-corrected chi connectivity index (χ4v) is 2.16. The summed E-state index contributed by atoms with van der Waals surface area (Å²) in [5, 5.41) is 3.43. The van der Waals surface area contributed by atoms with Crippen LogP contribution in [-0.4, -0.2) is 27.9 Å². The van der Waals surface area contributed by atoms with E-state index in [1.54, 1.807) is 21.3 Å². The minimum Gasteiger partial charge on any atom is -0.493 e. The van der Waals surface area contributed by atoms with Gasteiger partial charge in [0.25, 0.3) is 0 Å². The van der Waals surface area contributed by atoms with E-state index in [1.807, 2.05) is 12.1 Å². The maximum absolute atomic E-state index is 5.38. The lowest BCUT2D eigenvalue weighted by molar-refractivity contribution is 0.322. The molecule has 1 unspecified atom stereocenters. The van der Waals surface area contributed by atoms with Gasteiger partial charge in [-0.05, 0) is 30.7 Å². The van der Waals surface area contributed by atoms with Crippen LogP contribution in [0.15, 0.2) is 12.1 Å². The summed E-state index contributed by atoms with van der Waals surface area (Å²) in [6.45, 7) is 2.94. The summed E-state index contributed by atoms with van der Waals surface area (Å²) in [6, 6.07) is 4.10. The summed E-state index contributed by atoms with van der Waals surface area (Å²) in [7, 11) is 4.83. The molecule has 4 heteroatoms. The molecule has 0 amide bonds. The Morgan fingerprint density at radius 3 is 2.15 bits per heavy atom. The van der Waals surface area contributed by atoms with Gasteiger partial charge in [-0.25, -0.2) is 0 Å². The van der Waals surface area contributed by atoms with E-state index in [1.165, 1.54) is 0 Å². The molecule has 0 aliphatic carbocycles. The van der Waals surface area contributed by atoms with Gasteiger partial charge in [0, 0.05) is 12.5 Å². The highest BCUT2D eigenvalue weighted by molar-refractivity contribution is 5.54. The van der Waals surface area contributed by atoms with Gasteiger partial charge in [0.1, 0.15) is 0 Å². The highest BCUT2D eigenvalue weighted by Gasteiger charge is 2.17. The Labute approximate surface area is 121 Å². The Morgan fingerprint density at radius 2 is 1.75 bits per heavy atom. The molecular formula is C16H23NO3. The van der Waals surface area contributed by atoms with Crippen molar-refractivity contribution in [3.05, 3.63) is 17.7 Å². The van der Waals surface area contributed by atoms with E-state index in [4.69, 9.17) is 20.6 Å². The van der Waals surface area contributed by atoms with Gasteiger partial charge in [-0.3, -0.25) is 0 Å². The first-order valence-corrected chi connectivity index (χ1v) is 6.68. The van der Waals surface area contributed by atoms with Gasteiger partial charge >= 0.3 is 0 Å². The number of rotatable bonds is 8. The van der Waals surface area contributed by atoms with Gasteiger partial charge in [0.05, 0.1) is 21.3 Å². The van der Waals surface area contributed by atoms with Crippen molar-refractivity contribution >= 4 is 0 Å². The number of benzene rings is 1. The SMILES string of the molecule is C#CCCC(NCC)c1cc(OC)c(OC)c(OC)c1. The second kappa shape index (κ2) is 8.34. The lowest BCUT2D eigenvalue weighted by Crippen LogP contribution is -2.21. The summed E-state index contributed by atoms with van der Waals surface area (Å²) in [4.78, 5) is 0. The molecule has 0 heterocycles. The largest absolute Gasteiger partial charge is 0.493 e. The molecule has 0 saturated carbocycles. The molecule has 0 aliphatic heterocycles. The second-order valence-electron chi connectivity index (χ2n) is 4.31. The molecule has 0 bridgehead atoms. The zero-order valence-electron chi connectivity index (χ0n) is 12.7. The van der Waals surface area contributed by atoms with Gasteiger partial charge in [-0.2, -0.15) is 0 Å². The minimum atomic E-state index is 0.171. The summed E-state index contributed by atoms with van der Waals surface area (Å²) in [5.74, 6) is 4.60. The molecule has 0 radical (unpaired) electrons. The van der Waals surface area contributed by atoms with Crippen LogP contribution in [0, 0.1) is 12.3 Å². The topological polar surface area (TPSA) is 39.7 Å². The Balaban J connectivity index is 3.17. The number of nitrogens with one attached hydrogen (secondary N) is 1. The third-order valence-electron chi connectivity index (χ3n) is 3.12. The predicted octanol–water partition coefficient (Wildman–Crippen LogP) is 2.78. The fraction of sp³-hybridized carbons (Fsp3) is 0.500. The quantitative estimate of drug-likeness (QED) is 0.742. The van der Waals surface area contributed by atoms with Crippen LogP contribution in [0.25, 0.3) is 0 Å². The van der Waals surface area contributed by atoms with E-state index in [2.05, 4.69) is 18.2 Å². The minimum absolute atomic E-state index is 0.171. The van der Waals surface area contributed by atoms with Gasteiger partial charge in [0.15, 0.2) is 11.5 Å². The van der Waals surface area contributed by atoms with E-state index in [0.29, 0.717) is 23.7 Å². The van der Waals surface area contributed by atoms with Crippen molar-refractivity contribution in [1.29, 1.82) is 0 Å². The lowest BCUT2D eigenvalue weighted by Gasteiger charge is -2.20. The number of methoxy groups -OCH3 is 3. The van der Waals surface area contributed by atoms with Crippen molar-refractivity contribution in [2.24, 2.45) is 0 Å². The van der Waals surface area contributed by atoms with E-state index >= 15 is 0 Å². The summed E-state index contributed by atoms with van der Waals surface area (Å²) in [6.07, 6.45) is 6.94. The molecule has 1 N–H and O–H groups in total. The molecule has 1 aromatic carbocycles. The summed E-state index contributed by atoms with van der Waals surface area (Å²) >= 11 is 0. The van der Waals surface area contributed by atoms with E-state index in [9.17, 15) is 0 Å². The highest BCUT2D eigenvalue weighted by Crippen LogP contribution is 2.40. The molecule has 0 aliphatic rings. The van der Waals surface area contributed by atoms with Gasteiger partial charge in [-0.15, -0.1) is 12.3 Å². The molecule has 0 aromatic heterocycles. The van der Waals surface area contributed by atoms with Crippen LogP contribution < -0.4 is 19.5 Å². The molecule has 20 heavy (non-hydrogen) atoms. The average molecular weight is 277 g/mol. The molecule has 0 saturated heterocycles. The molecular weight excluding hydrogens is 254 g/mol. The first-order chi connectivity index (χ1) is 9.71. The zero-order chi connectivity index (χ0) is 15.0. The zero-order valence-corrected chi connectivity index (χ0v) is 12.7. The average Bonchev–Trinajstić information content (AvgIpc) is 2.49. The van der Waals surface area contributed by atoms with E-state index < -0.39 is 0 Å². The second-order valence-corrected chi connectivity index (χ2v) is 4.31. The first-order valence-electron chi connectivity index (χ1n) is 6.68.